The summed E-state index contributed by atoms with van der Waals surface area (Å²) in [6.07, 6.45) is 2.23. The van der Waals surface area contributed by atoms with Gasteiger partial charge in [0.15, 0.2) is 15.6 Å². The molecule has 0 bridgehead atoms. The lowest BCUT2D eigenvalue weighted by atomic mass is 10.0. The summed E-state index contributed by atoms with van der Waals surface area (Å²) in [6, 6.07) is 3.10. The minimum atomic E-state index is -3.51. The van der Waals surface area contributed by atoms with Gasteiger partial charge in [0.05, 0.1) is 16.9 Å². The molecular formula is C13H13FO4S. The van der Waals surface area contributed by atoms with Gasteiger partial charge in [-0.25, -0.2) is 12.8 Å². The number of hydrogen-bond donors (Lipinski definition) is 0. The molecule has 0 aliphatic heterocycles. The Kier molecular flexibility index (Phi) is 3.54. The van der Waals surface area contributed by atoms with Crippen molar-refractivity contribution in [3.05, 3.63) is 29.6 Å². The second-order valence-electron chi connectivity index (χ2n) is 4.75. The van der Waals surface area contributed by atoms with Crippen LogP contribution >= 0.6 is 0 Å². The van der Waals surface area contributed by atoms with Gasteiger partial charge in [-0.05, 0) is 31.0 Å². The molecule has 0 unspecified atom stereocenters. The Labute approximate surface area is 110 Å². The number of ketones is 2. The van der Waals surface area contributed by atoms with Crippen LogP contribution in [0.15, 0.2) is 23.1 Å². The summed E-state index contributed by atoms with van der Waals surface area (Å²) in [5, 5.41) is 0. The van der Waals surface area contributed by atoms with Crippen molar-refractivity contribution in [2.45, 2.75) is 24.2 Å². The molecule has 0 saturated heterocycles. The molecule has 1 aromatic carbocycles. The zero-order valence-corrected chi connectivity index (χ0v) is 11.2. The average molecular weight is 284 g/mol. The molecule has 102 valence electrons. The van der Waals surface area contributed by atoms with E-state index in [1.54, 1.807) is 0 Å². The molecule has 0 spiro atoms. The Morgan fingerprint density at radius 2 is 1.95 bits per heavy atom. The first-order valence-electron chi connectivity index (χ1n) is 5.84. The quantitative estimate of drug-likeness (QED) is 0.610. The maximum absolute atomic E-state index is 13.7. The van der Waals surface area contributed by atoms with Crippen LogP contribution in [0.5, 0.6) is 0 Å². The number of hydrogen-bond acceptors (Lipinski definition) is 4. The van der Waals surface area contributed by atoms with Crippen molar-refractivity contribution in [1.82, 2.24) is 0 Å². The Morgan fingerprint density at radius 1 is 1.32 bits per heavy atom. The van der Waals surface area contributed by atoms with Crippen molar-refractivity contribution in [2.24, 2.45) is 5.92 Å². The van der Waals surface area contributed by atoms with Gasteiger partial charge in [-0.15, -0.1) is 0 Å². The molecular weight excluding hydrogens is 271 g/mol. The smallest absolute Gasteiger partial charge is 0.175 e. The van der Waals surface area contributed by atoms with Gasteiger partial charge in [0, 0.05) is 12.2 Å². The third-order valence-corrected chi connectivity index (χ3v) is 4.15. The molecule has 1 aliphatic rings. The summed E-state index contributed by atoms with van der Waals surface area (Å²) in [7, 11) is -3.51. The zero-order valence-electron chi connectivity index (χ0n) is 10.3. The van der Waals surface area contributed by atoms with Crippen LogP contribution in [-0.2, 0) is 14.6 Å². The number of carbonyl (C=O) groups excluding carboxylic acids is 2. The molecule has 4 nitrogen and oxygen atoms in total. The maximum Gasteiger partial charge on any atom is 0.175 e. The predicted octanol–water partition coefficient (Wildman–Crippen LogP) is 1.78. The van der Waals surface area contributed by atoms with Gasteiger partial charge in [0.25, 0.3) is 0 Å². The largest absolute Gasteiger partial charge is 0.299 e. The molecule has 1 saturated carbocycles. The number of rotatable bonds is 5. The SMILES string of the molecule is CS(=O)(=O)c1ccc(C(=O)CC(=O)C2CC2)c(F)c1. The van der Waals surface area contributed by atoms with Gasteiger partial charge in [-0.1, -0.05) is 0 Å². The van der Waals surface area contributed by atoms with Crippen LogP contribution in [0, 0.1) is 11.7 Å². The van der Waals surface area contributed by atoms with Crippen LogP contribution in [0.1, 0.15) is 29.6 Å². The molecule has 1 aliphatic carbocycles. The van der Waals surface area contributed by atoms with Crippen molar-refractivity contribution < 1.29 is 22.4 Å². The molecule has 0 N–H and O–H groups in total. The highest BCUT2D eigenvalue weighted by atomic mass is 32.2. The Morgan fingerprint density at radius 3 is 2.42 bits per heavy atom. The highest BCUT2D eigenvalue weighted by molar-refractivity contribution is 7.90. The standard InChI is InChI=1S/C13H13FO4S/c1-19(17,18)9-4-5-10(11(14)6-9)13(16)7-12(15)8-2-3-8/h4-6,8H,2-3,7H2,1H3. The summed E-state index contributed by atoms with van der Waals surface area (Å²) in [5.74, 6) is -1.73. The summed E-state index contributed by atoms with van der Waals surface area (Å²) < 4.78 is 36.2. The third-order valence-electron chi connectivity index (χ3n) is 3.04. The molecule has 1 aromatic rings. The van der Waals surface area contributed by atoms with Gasteiger partial charge >= 0.3 is 0 Å². The first-order chi connectivity index (χ1) is 8.79. The number of benzene rings is 1. The van der Waals surface area contributed by atoms with Crippen molar-refractivity contribution in [3.63, 3.8) is 0 Å². The van der Waals surface area contributed by atoms with Gasteiger partial charge in [-0.3, -0.25) is 9.59 Å². The number of carbonyl (C=O) groups is 2. The van der Waals surface area contributed by atoms with E-state index in [-0.39, 0.29) is 28.6 Å². The van der Waals surface area contributed by atoms with E-state index in [9.17, 15) is 22.4 Å². The first-order valence-corrected chi connectivity index (χ1v) is 7.73. The molecule has 19 heavy (non-hydrogen) atoms. The van der Waals surface area contributed by atoms with E-state index in [0.717, 1.165) is 31.2 Å². The predicted molar refractivity (Wildman–Crippen MR) is 66.2 cm³/mol. The van der Waals surface area contributed by atoms with E-state index in [4.69, 9.17) is 0 Å². The molecule has 0 aromatic heterocycles. The van der Waals surface area contributed by atoms with E-state index >= 15 is 0 Å². The second kappa shape index (κ2) is 4.85. The van der Waals surface area contributed by atoms with E-state index < -0.39 is 21.4 Å². The van der Waals surface area contributed by atoms with Gasteiger partial charge < -0.3 is 0 Å². The molecule has 0 atom stereocenters. The van der Waals surface area contributed by atoms with Crippen molar-refractivity contribution in [2.75, 3.05) is 6.26 Å². The minimum absolute atomic E-state index is 0.0534. The second-order valence-corrected chi connectivity index (χ2v) is 6.77. The van der Waals surface area contributed by atoms with Gasteiger partial charge in [-0.2, -0.15) is 0 Å². The molecule has 6 heteroatoms. The number of Topliss-reactive ketones (excluding diaryl/α,β-unsaturated/α-hetero) is 2. The van der Waals surface area contributed by atoms with Crippen LogP contribution in [0.3, 0.4) is 0 Å². The fraction of sp³-hybridized carbons (Fsp3) is 0.385. The normalized spacial score (nSPS) is 15.3. The molecule has 1 fully saturated rings. The summed E-state index contributed by atoms with van der Waals surface area (Å²) in [6.45, 7) is 0. The lowest BCUT2D eigenvalue weighted by Gasteiger charge is -2.04. The Bertz CT molecular complexity index is 645. The summed E-state index contributed by atoms with van der Waals surface area (Å²) in [5.41, 5.74) is -0.235. The van der Waals surface area contributed by atoms with E-state index in [1.165, 1.54) is 6.07 Å². The van der Waals surface area contributed by atoms with Crippen LogP contribution in [0.2, 0.25) is 0 Å². The monoisotopic (exact) mass is 284 g/mol. The van der Waals surface area contributed by atoms with Crippen LogP contribution in [-0.4, -0.2) is 26.2 Å². The molecule has 2 rings (SSSR count). The maximum atomic E-state index is 13.7. The fourth-order valence-corrected chi connectivity index (χ4v) is 2.39. The number of sulfone groups is 1. The fourth-order valence-electron chi connectivity index (χ4n) is 1.76. The minimum Gasteiger partial charge on any atom is -0.299 e. The van der Waals surface area contributed by atoms with Crippen LogP contribution < -0.4 is 0 Å². The van der Waals surface area contributed by atoms with Gasteiger partial charge in [0.2, 0.25) is 0 Å². The lowest BCUT2D eigenvalue weighted by molar-refractivity contribution is -0.119. The highest BCUT2D eigenvalue weighted by Gasteiger charge is 2.31. The average Bonchev–Trinajstić information content (AvgIpc) is 3.10. The summed E-state index contributed by atoms with van der Waals surface area (Å²) >= 11 is 0. The molecule has 0 heterocycles. The van der Waals surface area contributed by atoms with E-state index in [1.807, 2.05) is 0 Å². The first kappa shape index (κ1) is 13.9. The molecule has 0 amide bonds. The number of halogens is 1. The topological polar surface area (TPSA) is 68.3 Å². The van der Waals surface area contributed by atoms with E-state index in [0.29, 0.717) is 0 Å². The Balaban J connectivity index is 2.20. The third kappa shape index (κ3) is 3.26. The van der Waals surface area contributed by atoms with Crippen LogP contribution in [0.25, 0.3) is 0 Å². The highest BCUT2D eigenvalue weighted by Crippen LogP contribution is 2.31. The van der Waals surface area contributed by atoms with Crippen molar-refractivity contribution in [1.29, 1.82) is 0 Å². The molecule has 0 radical (unpaired) electrons. The van der Waals surface area contributed by atoms with Gasteiger partial charge in [0.1, 0.15) is 11.6 Å². The summed E-state index contributed by atoms with van der Waals surface area (Å²) in [4.78, 5) is 23.1. The van der Waals surface area contributed by atoms with Crippen molar-refractivity contribution in [3.8, 4) is 0 Å². The van der Waals surface area contributed by atoms with Crippen molar-refractivity contribution >= 4 is 21.4 Å². The van der Waals surface area contributed by atoms with Crippen LogP contribution in [0.4, 0.5) is 4.39 Å². The Hall–Kier alpha value is -1.56. The zero-order chi connectivity index (χ0) is 14.2. The lowest BCUT2D eigenvalue weighted by Crippen LogP contribution is -2.11. The van der Waals surface area contributed by atoms with E-state index in [2.05, 4.69) is 0 Å².